The van der Waals surface area contributed by atoms with Crippen molar-refractivity contribution in [1.82, 2.24) is 4.90 Å². The van der Waals surface area contributed by atoms with E-state index in [1.165, 1.54) is 35.9 Å². The van der Waals surface area contributed by atoms with Crippen LogP contribution in [0.1, 0.15) is 29.0 Å². The number of methoxy groups -OCH3 is 1. The molecule has 31 heavy (non-hydrogen) atoms. The zero-order chi connectivity index (χ0) is 22.4. The Morgan fingerprint density at radius 3 is 2.39 bits per heavy atom. The van der Waals surface area contributed by atoms with E-state index in [1.807, 2.05) is 0 Å². The lowest BCUT2D eigenvalue weighted by molar-refractivity contribution is -0.149. The standard InChI is InChI=1S/C22H17F3N2O3S/c1-30-16-8-6-14(7-9-16)21(29)12-31-20-18(11-26)17(10-19(28)27(20)21)13-2-4-15(5-3-13)22(23,24)25/h2-9,17,29H,10,12H2,1H3/t17-,21+/m1/s1. The van der Waals surface area contributed by atoms with Gasteiger partial charge in [0.05, 0.1) is 35.1 Å². The van der Waals surface area contributed by atoms with Gasteiger partial charge >= 0.3 is 6.18 Å². The summed E-state index contributed by atoms with van der Waals surface area (Å²) in [5.74, 6) is -0.344. The number of hydrogen-bond donors (Lipinski definition) is 1. The first-order valence-corrected chi connectivity index (χ1v) is 10.3. The fourth-order valence-corrected chi connectivity index (χ4v) is 5.24. The number of benzene rings is 2. The first-order chi connectivity index (χ1) is 14.7. The van der Waals surface area contributed by atoms with Crippen LogP contribution in [0.2, 0.25) is 0 Å². The predicted octanol–water partition coefficient (Wildman–Crippen LogP) is 4.36. The molecule has 2 heterocycles. The molecule has 0 aliphatic carbocycles. The number of thioether (sulfide) groups is 1. The van der Waals surface area contributed by atoms with E-state index >= 15 is 0 Å². The fourth-order valence-electron chi connectivity index (χ4n) is 3.89. The van der Waals surface area contributed by atoms with E-state index in [0.29, 0.717) is 21.9 Å². The Morgan fingerprint density at radius 1 is 1.19 bits per heavy atom. The average Bonchev–Trinajstić information content (AvgIpc) is 3.12. The van der Waals surface area contributed by atoms with Crippen molar-refractivity contribution < 1.29 is 27.8 Å². The van der Waals surface area contributed by atoms with Gasteiger partial charge in [0.2, 0.25) is 5.91 Å². The molecule has 5 nitrogen and oxygen atoms in total. The van der Waals surface area contributed by atoms with Crippen LogP contribution in [-0.4, -0.2) is 28.8 Å². The lowest BCUT2D eigenvalue weighted by Crippen LogP contribution is -2.48. The molecular weight excluding hydrogens is 429 g/mol. The summed E-state index contributed by atoms with van der Waals surface area (Å²) < 4.78 is 43.8. The molecule has 2 aliphatic rings. The first-order valence-electron chi connectivity index (χ1n) is 9.33. The summed E-state index contributed by atoms with van der Waals surface area (Å²) in [6.07, 6.45) is -4.60. The summed E-state index contributed by atoms with van der Waals surface area (Å²) >= 11 is 1.18. The van der Waals surface area contributed by atoms with Crippen molar-refractivity contribution in [2.45, 2.75) is 24.2 Å². The zero-order valence-electron chi connectivity index (χ0n) is 16.3. The third-order valence-corrected chi connectivity index (χ3v) is 6.73. The molecule has 0 spiro atoms. The highest BCUT2D eigenvalue weighted by atomic mass is 32.2. The fraction of sp³-hybridized carbons (Fsp3) is 0.273. The summed E-state index contributed by atoms with van der Waals surface area (Å²) in [5, 5.41) is 21.5. The number of nitrogens with zero attached hydrogens (tertiary/aromatic N) is 2. The van der Waals surface area contributed by atoms with Crippen molar-refractivity contribution in [3.63, 3.8) is 0 Å². The normalized spacial score (nSPS) is 23.5. The van der Waals surface area contributed by atoms with Crippen LogP contribution in [0.4, 0.5) is 13.2 Å². The molecule has 2 atom stereocenters. The van der Waals surface area contributed by atoms with Crippen molar-refractivity contribution in [2.75, 3.05) is 12.9 Å². The lowest BCUT2D eigenvalue weighted by Gasteiger charge is -2.38. The smallest absolute Gasteiger partial charge is 0.416 e. The third-order valence-electron chi connectivity index (χ3n) is 5.50. The molecule has 9 heteroatoms. The third kappa shape index (κ3) is 3.56. The van der Waals surface area contributed by atoms with Crippen LogP contribution in [-0.2, 0) is 16.7 Å². The molecular formula is C22H17F3N2O3S. The van der Waals surface area contributed by atoms with Gasteiger partial charge in [-0.15, -0.1) is 11.8 Å². The molecule has 160 valence electrons. The van der Waals surface area contributed by atoms with Gasteiger partial charge in [0, 0.05) is 17.9 Å². The molecule has 0 radical (unpaired) electrons. The highest BCUT2D eigenvalue weighted by Gasteiger charge is 2.51. The van der Waals surface area contributed by atoms with Gasteiger partial charge in [0.25, 0.3) is 0 Å². The Kier molecular flexibility index (Phi) is 5.23. The van der Waals surface area contributed by atoms with E-state index in [-0.39, 0.29) is 17.7 Å². The van der Waals surface area contributed by atoms with E-state index in [2.05, 4.69) is 6.07 Å². The van der Waals surface area contributed by atoms with Gasteiger partial charge in [-0.2, -0.15) is 18.4 Å². The van der Waals surface area contributed by atoms with Gasteiger partial charge in [-0.3, -0.25) is 9.69 Å². The molecule has 0 bridgehead atoms. The molecule has 1 saturated heterocycles. The number of halogens is 3. The second kappa shape index (κ2) is 7.62. The van der Waals surface area contributed by atoms with Crippen molar-refractivity contribution in [3.05, 3.63) is 75.8 Å². The maximum Gasteiger partial charge on any atom is 0.416 e. The quantitative estimate of drug-likeness (QED) is 0.759. The van der Waals surface area contributed by atoms with Crippen LogP contribution in [0.5, 0.6) is 5.75 Å². The molecule has 0 aromatic heterocycles. The minimum Gasteiger partial charge on any atom is -0.497 e. The van der Waals surface area contributed by atoms with Gasteiger partial charge in [0.1, 0.15) is 5.75 Å². The Balaban J connectivity index is 1.73. The first kappa shape index (κ1) is 21.3. The van der Waals surface area contributed by atoms with Crippen molar-refractivity contribution in [1.29, 1.82) is 5.26 Å². The Labute approximate surface area is 180 Å². The van der Waals surface area contributed by atoms with E-state index in [1.54, 1.807) is 24.3 Å². The zero-order valence-corrected chi connectivity index (χ0v) is 17.1. The number of allylic oxidation sites excluding steroid dienone is 1. The Hall–Kier alpha value is -2.96. The topological polar surface area (TPSA) is 73.6 Å². The van der Waals surface area contributed by atoms with Gasteiger partial charge in [-0.05, 0) is 29.8 Å². The van der Waals surface area contributed by atoms with Crippen LogP contribution >= 0.6 is 11.8 Å². The number of fused-ring (bicyclic) bond motifs is 1. The summed E-state index contributed by atoms with van der Waals surface area (Å²) in [6.45, 7) is 0. The van der Waals surface area contributed by atoms with Crippen LogP contribution in [0.25, 0.3) is 0 Å². The minimum absolute atomic E-state index is 0.128. The minimum atomic E-state index is -4.47. The number of aliphatic hydroxyl groups is 1. The number of amides is 1. The average molecular weight is 446 g/mol. The SMILES string of the molecule is COc1ccc([C@@]2(O)CSC3=C(C#N)[C@@H](c4ccc(C(F)(F)F)cc4)CC(=O)N32)cc1. The maximum absolute atomic E-state index is 13.1. The van der Waals surface area contributed by atoms with E-state index in [0.717, 1.165) is 12.1 Å². The number of nitriles is 1. The Bertz CT molecular complexity index is 1090. The summed E-state index contributed by atoms with van der Waals surface area (Å²) in [4.78, 5) is 14.3. The molecule has 2 aromatic carbocycles. The summed E-state index contributed by atoms with van der Waals surface area (Å²) in [6, 6.07) is 13.2. The highest BCUT2D eigenvalue weighted by Crippen LogP contribution is 2.51. The maximum atomic E-state index is 13.1. The van der Waals surface area contributed by atoms with Crippen LogP contribution in [0.3, 0.4) is 0 Å². The molecule has 0 unspecified atom stereocenters. The number of hydrogen-bond acceptors (Lipinski definition) is 5. The summed E-state index contributed by atoms with van der Waals surface area (Å²) in [7, 11) is 1.52. The van der Waals surface area contributed by atoms with Gasteiger partial charge in [-0.1, -0.05) is 24.3 Å². The van der Waals surface area contributed by atoms with Crippen molar-refractivity contribution in [3.8, 4) is 11.8 Å². The van der Waals surface area contributed by atoms with Crippen molar-refractivity contribution >= 4 is 17.7 Å². The second-order valence-electron chi connectivity index (χ2n) is 7.27. The number of carbonyl (C=O) groups is 1. The number of alkyl halides is 3. The van der Waals surface area contributed by atoms with E-state index in [9.17, 15) is 28.3 Å². The molecule has 1 N–H and O–H groups in total. The highest BCUT2D eigenvalue weighted by molar-refractivity contribution is 8.03. The van der Waals surface area contributed by atoms with Gasteiger partial charge in [0.15, 0.2) is 5.72 Å². The predicted molar refractivity (Wildman–Crippen MR) is 108 cm³/mol. The van der Waals surface area contributed by atoms with Gasteiger partial charge in [-0.25, -0.2) is 0 Å². The number of rotatable bonds is 3. The van der Waals surface area contributed by atoms with Crippen LogP contribution in [0, 0.1) is 11.3 Å². The van der Waals surface area contributed by atoms with Gasteiger partial charge < -0.3 is 9.84 Å². The Morgan fingerprint density at radius 2 is 1.84 bits per heavy atom. The largest absolute Gasteiger partial charge is 0.497 e. The number of ether oxygens (including phenoxy) is 1. The summed E-state index contributed by atoms with van der Waals surface area (Å²) in [5.41, 5.74) is -1.24. The molecule has 2 aromatic rings. The molecule has 1 fully saturated rings. The van der Waals surface area contributed by atoms with E-state index < -0.39 is 29.3 Å². The second-order valence-corrected chi connectivity index (χ2v) is 8.23. The number of carbonyl (C=O) groups excluding carboxylic acids is 1. The van der Waals surface area contributed by atoms with Crippen LogP contribution < -0.4 is 4.74 Å². The molecule has 2 aliphatic heterocycles. The monoisotopic (exact) mass is 446 g/mol. The van der Waals surface area contributed by atoms with E-state index in [4.69, 9.17) is 4.74 Å². The molecule has 4 rings (SSSR count). The van der Waals surface area contributed by atoms with Crippen molar-refractivity contribution in [2.24, 2.45) is 0 Å². The lowest BCUT2D eigenvalue weighted by atomic mass is 9.85. The molecule has 1 amide bonds. The molecule has 0 saturated carbocycles. The van der Waals surface area contributed by atoms with Crippen LogP contribution in [0.15, 0.2) is 59.1 Å².